The molecule has 3 N–H and O–H groups in total. The Balaban J connectivity index is 2.57. The first-order valence-electron chi connectivity index (χ1n) is 11.0. The fourth-order valence-electron chi connectivity index (χ4n) is 3.85. The number of aliphatic hydroxyl groups excluding tert-OH is 2. The molecule has 1 saturated heterocycles. The topological polar surface area (TPSA) is 130 Å². The molecule has 8 heteroatoms. The molecule has 2 bridgehead atoms. The van der Waals surface area contributed by atoms with Crippen molar-refractivity contribution in [2.24, 2.45) is 11.3 Å². The molecule has 8 nitrogen and oxygen atoms in total. The molecule has 1 amide bonds. The summed E-state index contributed by atoms with van der Waals surface area (Å²) in [7, 11) is 0. The molecule has 2 heterocycles. The first-order chi connectivity index (χ1) is 15.4. The Kier molecular flexibility index (Phi) is 8.69. The molecule has 1 aliphatic carbocycles. The minimum Gasteiger partial charge on any atom is -0.461 e. The molecule has 0 spiro atoms. The fraction of sp³-hybridized carbons (Fsp3) is 0.520. The quantitative estimate of drug-likeness (QED) is 0.326. The van der Waals surface area contributed by atoms with Gasteiger partial charge in [-0.1, -0.05) is 54.5 Å². The highest BCUT2D eigenvalue weighted by Crippen LogP contribution is 2.38. The molecule has 0 aromatic heterocycles. The van der Waals surface area contributed by atoms with Crippen molar-refractivity contribution in [1.29, 1.82) is 0 Å². The van der Waals surface area contributed by atoms with Crippen LogP contribution in [0.2, 0.25) is 0 Å². The minimum atomic E-state index is -1.78. The number of carbonyl (C=O) groups is 4. The molecule has 1 fully saturated rings. The monoisotopic (exact) mass is 459 g/mol. The van der Waals surface area contributed by atoms with E-state index in [4.69, 9.17) is 4.74 Å². The zero-order chi connectivity index (χ0) is 24.9. The Bertz CT molecular complexity index is 929. The molecule has 0 saturated carbocycles. The zero-order valence-corrected chi connectivity index (χ0v) is 19.7. The zero-order valence-electron chi connectivity index (χ0n) is 19.7. The van der Waals surface area contributed by atoms with Gasteiger partial charge in [-0.2, -0.15) is 0 Å². The third-order valence-electron chi connectivity index (χ3n) is 6.14. The van der Waals surface area contributed by atoms with Crippen molar-refractivity contribution in [3.8, 4) is 0 Å². The number of rotatable bonds is 2. The van der Waals surface area contributed by atoms with Crippen molar-refractivity contribution < 1.29 is 34.1 Å². The summed E-state index contributed by atoms with van der Waals surface area (Å²) < 4.78 is 5.59. The van der Waals surface area contributed by atoms with Crippen LogP contribution in [0.25, 0.3) is 0 Å². The third kappa shape index (κ3) is 6.36. The van der Waals surface area contributed by atoms with Crippen LogP contribution in [0, 0.1) is 11.3 Å². The van der Waals surface area contributed by atoms with E-state index < -0.39 is 59.1 Å². The van der Waals surface area contributed by atoms with Crippen molar-refractivity contribution in [1.82, 2.24) is 5.32 Å². The first kappa shape index (κ1) is 26.4. The summed E-state index contributed by atoms with van der Waals surface area (Å²) in [6.07, 6.45) is 7.54. The lowest BCUT2D eigenvalue weighted by Gasteiger charge is -2.42. The first-order valence-corrected chi connectivity index (χ1v) is 11.0. The lowest BCUT2D eigenvalue weighted by Crippen LogP contribution is -2.61. The maximum absolute atomic E-state index is 13.4. The van der Waals surface area contributed by atoms with E-state index in [0.717, 1.165) is 12.5 Å². The molecule has 0 unspecified atom stereocenters. The van der Waals surface area contributed by atoms with E-state index in [1.54, 1.807) is 38.2 Å². The van der Waals surface area contributed by atoms with Crippen molar-refractivity contribution in [2.45, 2.75) is 71.8 Å². The standard InChI is InChI=1S/C25H33NO7/c1-14-6-9-18(28)10-8-15(2)12-21(26-23(31)17(4)27)25(5)22(30)16(3)20(33-24(25)32)13-19(29)11-7-14/h6-8,10-12,16,18-21,28-29H,9,13H2,1-5H3,(H,26,31)/b10-8-,11-7+,14-6+,15-12-/t16-,18+,19-,20+,21+,25+/m1/s1. The number of hydrogen-bond donors (Lipinski definition) is 3. The maximum Gasteiger partial charge on any atom is 0.322 e. The SMILES string of the molecule is CC(=O)C(=O)N[C@H]1/C=C(C)\C=C/[C@@H](O)C/C=C(C)/C=C/[C@@H](O)C[C@@H]2OC(=O)[C@]1(C)C(=O)[C@@H]2C. The lowest BCUT2D eigenvalue weighted by atomic mass is 9.69. The Morgan fingerprint density at radius 1 is 1.09 bits per heavy atom. The summed E-state index contributed by atoms with van der Waals surface area (Å²) in [6.45, 7) is 7.62. The van der Waals surface area contributed by atoms with Gasteiger partial charge in [0.05, 0.1) is 24.2 Å². The number of ether oxygens (including phenoxy) is 1. The predicted molar refractivity (Wildman–Crippen MR) is 122 cm³/mol. The van der Waals surface area contributed by atoms with Gasteiger partial charge < -0.3 is 20.3 Å². The lowest BCUT2D eigenvalue weighted by molar-refractivity contribution is -0.181. The van der Waals surface area contributed by atoms with Gasteiger partial charge >= 0.3 is 5.97 Å². The average Bonchev–Trinajstić information content (AvgIpc) is 2.75. The summed E-state index contributed by atoms with van der Waals surface area (Å²) in [5.41, 5.74) is -0.371. The van der Waals surface area contributed by atoms with Gasteiger partial charge in [-0.3, -0.25) is 19.2 Å². The highest BCUT2D eigenvalue weighted by atomic mass is 16.5. The normalized spacial score (nSPS) is 38.7. The van der Waals surface area contributed by atoms with Crippen molar-refractivity contribution in [3.63, 3.8) is 0 Å². The molecule has 33 heavy (non-hydrogen) atoms. The largest absolute Gasteiger partial charge is 0.461 e. The number of ketones is 2. The van der Waals surface area contributed by atoms with Gasteiger partial charge in [0.25, 0.3) is 5.91 Å². The summed E-state index contributed by atoms with van der Waals surface area (Å²) in [6, 6.07) is -1.15. The smallest absolute Gasteiger partial charge is 0.322 e. The number of fused-ring (bicyclic) bond motifs is 10. The number of aliphatic hydroxyl groups is 2. The van der Waals surface area contributed by atoms with E-state index in [9.17, 15) is 29.4 Å². The summed E-state index contributed by atoms with van der Waals surface area (Å²) in [4.78, 5) is 50.3. The number of Topliss-reactive ketones (excluding diaryl/α,β-unsaturated/α-hetero) is 2. The van der Waals surface area contributed by atoms with Crippen LogP contribution in [-0.4, -0.2) is 58.0 Å². The van der Waals surface area contributed by atoms with Gasteiger partial charge in [-0.15, -0.1) is 0 Å². The Labute approximate surface area is 194 Å². The van der Waals surface area contributed by atoms with Crippen molar-refractivity contribution in [3.05, 3.63) is 47.6 Å². The van der Waals surface area contributed by atoms with Crippen LogP contribution in [0.3, 0.4) is 0 Å². The predicted octanol–water partition coefficient (Wildman–Crippen LogP) is 1.72. The molecule has 0 aromatic rings. The summed E-state index contributed by atoms with van der Waals surface area (Å²) >= 11 is 0. The second-order valence-electron chi connectivity index (χ2n) is 8.99. The number of amides is 1. The number of hydrogen-bond acceptors (Lipinski definition) is 7. The average molecular weight is 460 g/mol. The molecule has 2 aliphatic heterocycles. The van der Waals surface area contributed by atoms with Gasteiger partial charge in [0.2, 0.25) is 5.78 Å². The molecular formula is C25H33NO7. The van der Waals surface area contributed by atoms with Crippen LogP contribution >= 0.6 is 0 Å². The van der Waals surface area contributed by atoms with E-state index in [1.807, 2.05) is 13.0 Å². The Morgan fingerprint density at radius 3 is 2.33 bits per heavy atom. The molecular weight excluding hydrogens is 426 g/mol. The molecule has 6 atom stereocenters. The summed E-state index contributed by atoms with van der Waals surface area (Å²) in [5, 5.41) is 23.1. The van der Waals surface area contributed by atoms with Gasteiger partial charge in [0.15, 0.2) is 5.78 Å². The van der Waals surface area contributed by atoms with E-state index in [0.29, 0.717) is 12.0 Å². The van der Waals surface area contributed by atoms with Gasteiger partial charge in [-0.05, 0) is 27.2 Å². The van der Waals surface area contributed by atoms with Crippen molar-refractivity contribution in [2.75, 3.05) is 0 Å². The molecule has 0 aromatic carbocycles. The molecule has 3 aliphatic rings. The van der Waals surface area contributed by atoms with E-state index in [1.165, 1.54) is 13.0 Å². The van der Waals surface area contributed by atoms with Crippen molar-refractivity contribution >= 4 is 23.4 Å². The van der Waals surface area contributed by atoms with Gasteiger partial charge in [0, 0.05) is 13.3 Å². The Hall–Kier alpha value is -2.84. The van der Waals surface area contributed by atoms with Crippen LogP contribution in [0.4, 0.5) is 0 Å². The van der Waals surface area contributed by atoms with Gasteiger partial charge in [-0.25, -0.2) is 0 Å². The van der Waals surface area contributed by atoms with Crippen LogP contribution in [0.5, 0.6) is 0 Å². The number of carbonyl (C=O) groups excluding carboxylic acids is 4. The molecule has 3 rings (SSSR count). The number of nitrogens with one attached hydrogen (secondary N) is 1. The van der Waals surface area contributed by atoms with E-state index in [-0.39, 0.29) is 6.42 Å². The van der Waals surface area contributed by atoms with E-state index in [2.05, 4.69) is 5.32 Å². The number of esters is 1. The van der Waals surface area contributed by atoms with Crippen LogP contribution in [0.15, 0.2) is 47.6 Å². The minimum absolute atomic E-state index is 0.0298. The molecule has 180 valence electrons. The highest BCUT2D eigenvalue weighted by Gasteiger charge is 2.56. The molecule has 0 radical (unpaired) electrons. The summed E-state index contributed by atoms with van der Waals surface area (Å²) in [5.74, 6) is -3.74. The third-order valence-corrected chi connectivity index (χ3v) is 6.14. The van der Waals surface area contributed by atoms with Crippen LogP contribution < -0.4 is 5.32 Å². The van der Waals surface area contributed by atoms with E-state index >= 15 is 0 Å². The second kappa shape index (κ2) is 10.9. The number of allylic oxidation sites excluding steroid dienone is 4. The second-order valence-corrected chi connectivity index (χ2v) is 8.99. The fourth-order valence-corrected chi connectivity index (χ4v) is 3.85. The van der Waals surface area contributed by atoms with Crippen LogP contribution in [-0.2, 0) is 23.9 Å². The maximum atomic E-state index is 13.4. The highest BCUT2D eigenvalue weighted by molar-refractivity contribution is 6.35. The van der Waals surface area contributed by atoms with Gasteiger partial charge in [0.1, 0.15) is 11.5 Å². The van der Waals surface area contributed by atoms with Crippen LogP contribution in [0.1, 0.15) is 47.5 Å². The Morgan fingerprint density at radius 2 is 1.70 bits per heavy atom.